The zero-order valence-electron chi connectivity index (χ0n) is 14.0. The van der Waals surface area contributed by atoms with E-state index in [1.807, 2.05) is 18.7 Å². The predicted molar refractivity (Wildman–Crippen MR) is 85.4 cm³/mol. The first-order chi connectivity index (χ1) is 10.8. The highest BCUT2D eigenvalue weighted by molar-refractivity contribution is 5.78. The minimum Gasteiger partial charge on any atom is -0.469 e. The molecule has 0 N–H and O–H groups in total. The van der Waals surface area contributed by atoms with E-state index < -0.39 is 5.41 Å². The second-order valence-electron chi connectivity index (χ2n) is 6.97. The lowest BCUT2D eigenvalue weighted by atomic mass is 9.85. The lowest BCUT2D eigenvalue weighted by molar-refractivity contribution is -0.143. The third kappa shape index (κ3) is 4.78. The number of hydrogen-bond donors (Lipinski definition) is 0. The minimum atomic E-state index is -0.419. The van der Waals surface area contributed by atoms with Crippen molar-refractivity contribution in [3.8, 4) is 0 Å². The molecule has 1 aromatic rings. The Hall–Kier alpha value is -1.91. The number of carbonyl (C=O) groups is 2. The molecule has 1 heterocycles. The molecule has 0 unspecified atom stereocenters. The van der Waals surface area contributed by atoms with Gasteiger partial charge in [-0.05, 0) is 29.5 Å². The Labute approximate surface area is 136 Å². The maximum Gasteiger partial charge on any atom is 0.306 e. The van der Waals surface area contributed by atoms with Gasteiger partial charge in [0.05, 0.1) is 13.5 Å². The fraction of sp³-hybridized carbons (Fsp3) is 0.556. The Morgan fingerprint density at radius 2 is 1.91 bits per heavy atom. The zero-order valence-corrected chi connectivity index (χ0v) is 14.0. The average Bonchev–Trinajstić information content (AvgIpc) is 2.96. The SMILES string of the molecule is COC(=O)CC(C)(C)CC(=O)N1CC[C@H](c2ccc(F)cc2)C1. The highest BCUT2D eigenvalue weighted by atomic mass is 19.1. The van der Waals surface area contributed by atoms with Crippen LogP contribution in [-0.4, -0.2) is 37.0 Å². The summed E-state index contributed by atoms with van der Waals surface area (Å²) in [7, 11) is 1.36. The van der Waals surface area contributed by atoms with E-state index in [1.54, 1.807) is 12.1 Å². The van der Waals surface area contributed by atoms with Crippen LogP contribution in [0.15, 0.2) is 24.3 Å². The Bertz CT molecular complexity index is 568. The quantitative estimate of drug-likeness (QED) is 0.783. The van der Waals surface area contributed by atoms with Gasteiger partial charge in [-0.2, -0.15) is 0 Å². The van der Waals surface area contributed by atoms with E-state index >= 15 is 0 Å². The highest BCUT2D eigenvalue weighted by Crippen LogP contribution is 2.31. The molecule has 23 heavy (non-hydrogen) atoms. The first-order valence-electron chi connectivity index (χ1n) is 7.91. The van der Waals surface area contributed by atoms with Crippen LogP contribution >= 0.6 is 0 Å². The van der Waals surface area contributed by atoms with E-state index in [1.165, 1.54) is 19.2 Å². The van der Waals surface area contributed by atoms with Crippen molar-refractivity contribution < 1.29 is 18.7 Å². The normalized spacial score (nSPS) is 18.1. The van der Waals surface area contributed by atoms with Gasteiger partial charge < -0.3 is 9.64 Å². The number of amides is 1. The summed E-state index contributed by atoms with van der Waals surface area (Å²) in [5.41, 5.74) is 0.647. The third-order valence-electron chi connectivity index (χ3n) is 4.36. The maximum atomic E-state index is 13.0. The maximum absolute atomic E-state index is 13.0. The van der Waals surface area contributed by atoms with Crippen molar-refractivity contribution in [2.24, 2.45) is 5.41 Å². The minimum absolute atomic E-state index is 0.0588. The van der Waals surface area contributed by atoms with Gasteiger partial charge in [-0.15, -0.1) is 0 Å². The Balaban J connectivity index is 1.92. The number of nitrogens with zero attached hydrogens (tertiary/aromatic N) is 1. The number of ether oxygens (including phenoxy) is 1. The van der Waals surface area contributed by atoms with Gasteiger partial charge in [0.2, 0.25) is 5.91 Å². The Morgan fingerprint density at radius 1 is 1.26 bits per heavy atom. The molecule has 0 aliphatic carbocycles. The highest BCUT2D eigenvalue weighted by Gasteiger charge is 2.32. The molecule has 126 valence electrons. The summed E-state index contributed by atoms with van der Waals surface area (Å²) >= 11 is 0. The molecule has 1 saturated heterocycles. The molecule has 0 spiro atoms. The molecule has 1 aromatic carbocycles. The molecule has 1 aliphatic rings. The third-order valence-corrected chi connectivity index (χ3v) is 4.36. The molecule has 0 saturated carbocycles. The van der Waals surface area contributed by atoms with Gasteiger partial charge in [0, 0.05) is 25.4 Å². The van der Waals surface area contributed by atoms with Crippen molar-refractivity contribution >= 4 is 11.9 Å². The molecule has 5 heteroatoms. The molecule has 1 atom stereocenters. The molecule has 1 aliphatic heterocycles. The van der Waals surface area contributed by atoms with E-state index in [4.69, 9.17) is 0 Å². The van der Waals surface area contributed by atoms with Crippen LogP contribution in [-0.2, 0) is 14.3 Å². The van der Waals surface area contributed by atoms with Gasteiger partial charge >= 0.3 is 5.97 Å². The number of rotatable bonds is 5. The average molecular weight is 321 g/mol. The molecular weight excluding hydrogens is 297 g/mol. The lowest BCUT2D eigenvalue weighted by Crippen LogP contribution is -2.33. The van der Waals surface area contributed by atoms with Gasteiger partial charge in [-0.3, -0.25) is 9.59 Å². The summed E-state index contributed by atoms with van der Waals surface area (Å²) in [5.74, 6) is -0.232. The Morgan fingerprint density at radius 3 is 2.52 bits per heavy atom. The van der Waals surface area contributed by atoms with Crippen molar-refractivity contribution in [1.82, 2.24) is 4.90 Å². The van der Waals surface area contributed by atoms with Gasteiger partial charge in [0.1, 0.15) is 5.82 Å². The summed E-state index contributed by atoms with van der Waals surface area (Å²) < 4.78 is 17.7. The summed E-state index contributed by atoms with van der Waals surface area (Å²) in [6.07, 6.45) is 1.43. The van der Waals surface area contributed by atoms with Crippen LogP contribution in [0.3, 0.4) is 0 Å². The number of carbonyl (C=O) groups excluding carboxylic acids is 2. The second-order valence-corrected chi connectivity index (χ2v) is 6.97. The van der Waals surface area contributed by atoms with E-state index in [0.717, 1.165) is 12.0 Å². The molecule has 2 rings (SSSR count). The molecule has 1 amide bonds. The van der Waals surface area contributed by atoms with Crippen LogP contribution in [0.5, 0.6) is 0 Å². The summed E-state index contributed by atoms with van der Waals surface area (Å²) in [4.78, 5) is 25.7. The smallest absolute Gasteiger partial charge is 0.306 e. The topological polar surface area (TPSA) is 46.6 Å². The molecule has 0 radical (unpaired) electrons. The summed E-state index contributed by atoms with van der Waals surface area (Å²) in [6.45, 7) is 5.15. The van der Waals surface area contributed by atoms with E-state index in [9.17, 15) is 14.0 Å². The summed E-state index contributed by atoms with van der Waals surface area (Å²) in [6, 6.07) is 6.49. The van der Waals surface area contributed by atoms with Crippen LogP contribution in [0.2, 0.25) is 0 Å². The van der Waals surface area contributed by atoms with Crippen molar-refractivity contribution in [3.63, 3.8) is 0 Å². The monoisotopic (exact) mass is 321 g/mol. The zero-order chi connectivity index (χ0) is 17.0. The molecule has 4 nitrogen and oxygen atoms in total. The fourth-order valence-electron chi connectivity index (χ4n) is 3.04. The largest absolute Gasteiger partial charge is 0.469 e. The number of benzene rings is 1. The van der Waals surface area contributed by atoms with Crippen LogP contribution in [0.25, 0.3) is 0 Å². The predicted octanol–water partition coefficient (Wildman–Crippen LogP) is 3.12. The van der Waals surface area contributed by atoms with Crippen molar-refractivity contribution in [1.29, 1.82) is 0 Å². The van der Waals surface area contributed by atoms with Gasteiger partial charge in [-0.25, -0.2) is 4.39 Å². The van der Waals surface area contributed by atoms with Crippen LogP contribution in [0.4, 0.5) is 4.39 Å². The fourth-order valence-corrected chi connectivity index (χ4v) is 3.04. The number of likely N-dealkylation sites (tertiary alicyclic amines) is 1. The molecule has 1 fully saturated rings. The first kappa shape index (κ1) is 17.4. The lowest BCUT2D eigenvalue weighted by Gasteiger charge is -2.26. The molecular formula is C18H24FNO3. The number of esters is 1. The van der Waals surface area contributed by atoms with E-state index in [0.29, 0.717) is 19.5 Å². The van der Waals surface area contributed by atoms with Gasteiger partial charge in [0.15, 0.2) is 0 Å². The summed E-state index contributed by atoms with van der Waals surface area (Å²) in [5, 5.41) is 0. The van der Waals surface area contributed by atoms with Crippen LogP contribution in [0.1, 0.15) is 44.6 Å². The van der Waals surface area contributed by atoms with Gasteiger partial charge in [-0.1, -0.05) is 26.0 Å². The van der Waals surface area contributed by atoms with E-state index in [-0.39, 0.29) is 30.0 Å². The second kappa shape index (κ2) is 7.11. The van der Waals surface area contributed by atoms with Crippen molar-refractivity contribution in [2.75, 3.05) is 20.2 Å². The number of hydrogen-bond acceptors (Lipinski definition) is 3. The van der Waals surface area contributed by atoms with Crippen molar-refractivity contribution in [2.45, 2.75) is 39.0 Å². The molecule has 0 bridgehead atoms. The standard InChI is InChI=1S/C18H24FNO3/c1-18(2,11-17(22)23-3)10-16(21)20-9-8-14(12-20)13-4-6-15(19)7-5-13/h4-7,14H,8-12H2,1-3H3/t14-/m0/s1. The van der Waals surface area contributed by atoms with Crippen molar-refractivity contribution in [3.05, 3.63) is 35.6 Å². The van der Waals surface area contributed by atoms with Crippen LogP contribution in [0, 0.1) is 11.2 Å². The first-order valence-corrected chi connectivity index (χ1v) is 7.91. The number of halogens is 1. The van der Waals surface area contributed by atoms with Gasteiger partial charge in [0.25, 0.3) is 0 Å². The number of methoxy groups -OCH3 is 1. The van der Waals surface area contributed by atoms with Crippen LogP contribution < -0.4 is 0 Å². The Kier molecular flexibility index (Phi) is 5.39. The molecule has 0 aromatic heterocycles. The van der Waals surface area contributed by atoms with E-state index in [2.05, 4.69) is 4.74 Å².